The number of sulfonamides is 1. The molecule has 23 heavy (non-hydrogen) atoms. The average Bonchev–Trinajstić information content (AvgIpc) is 2.81. The van der Waals surface area contributed by atoms with Crippen molar-refractivity contribution in [1.82, 2.24) is 14.1 Å². The number of nitrogens with zero attached hydrogens (tertiary/aromatic N) is 3. The molecule has 0 aliphatic carbocycles. The lowest BCUT2D eigenvalue weighted by atomic mass is 10.1. The summed E-state index contributed by atoms with van der Waals surface area (Å²) in [6, 6.07) is 9.25. The lowest BCUT2D eigenvalue weighted by molar-refractivity contribution is 0.150. The maximum atomic E-state index is 12.6. The molecule has 0 bridgehead atoms. The molecule has 0 saturated carbocycles. The first-order valence-electron chi connectivity index (χ1n) is 7.52. The van der Waals surface area contributed by atoms with Crippen LogP contribution >= 0.6 is 0 Å². The number of rotatable bonds is 6. The van der Waals surface area contributed by atoms with E-state index < -0.39 is 16.1 Å². The summed E-state index contributed by atoms with van der Waals surface area (Å²) in [7, 11) is -2.02. The molecule has 2 rings (SSSR count). The lowest BCUT2D eigenvalue weighted by Gasteiger charge is -2.16. The second kappa shape index (κ2) is 6.82. The lowest BCUT2D eigenvalue weighted by Crippen LogP contribution is -2.27. The van der Waals surface area contributed by atoms with E-state index in [1.54, 1.807) is 32.5 Å². The molecule has 2 aromatic rings. The van der Waals surface area contributed by atoms with Crippen LogP contribution in [0.3, 0.4) is 0 Å². The van der Waals surface area contributed by atoms with Crippen LogP contribution < -0.4 is 0 Å². The van der Waals surface area contributed by atoms with E-state index in [1.807, 2.05) is 30.3 Å². The molecule has 0 spiro atoms. The minimum atomic E-state index is -3.56. The Balaban J connectivity index is 2.35. The van der Waals surface area contributed by atoms with Gasteiger partial charge in [-0.3, -0.25) is 4.68 Å². The van der Waals surface area contributed by atoms with Gasteiger partial charge in [-0.2, -0.15) is 5.10 Å². The molecule has 126 valence electrons. The van der Waals surface area contributed by atoms with Gasteiger partial charge < -0.3 is 5.11 Å². The van der Waals surface area contributed by atoms with Gasteiger partial charge in [0.15, 0.2) is 0 Å². The second-order valence-electron chi connectivity index (χ2n) is 5.53. The highest BCUT2D eigenvalue weighted by Crippen LogP contribution is 2.24. The Morgan fingerprint density at radius 1 is 1.26 bits per heavy atom. The third-order valence-corrected chi connectivity index (χ3v) is 6.14. The molecule has 0 radical (unpaired) electrons. The number of aryl methyl sites for hydroxylation is 1. The Kier molecular flexibility index (Phi) is 5.23. The summed E-state index contributed by atoms with van der Waals surface area (Å²) in [4.78, 5) is 0.224. The maximum absolute atomic E-state index is 12.6. The first-order valence-corrected chi connectivity index (χ1v) is 8.96. The standard InChI is InChI=1S/C16H23N3O3S/c1-5-18(4)23(21,22)16-12(2)17-19(13(16)3)11-15(20)14-9-7-6-8-10-14/h6-10,15,20H,5,11H2,1-4H3/t15-/m0/s1. The van der Waals surface area contributed by atoms with Gasteiger partial charge in [-0.1, -0.05) is 37.3 Å². The Hall–Kier alpha value is -1.70. The largest absolute Gasteiger partial charge is 0.386 e. The zero-order chi connectivity index (χ0) is 17.2. The zero-order valence-corrected chi connectivity index (χ0v) is 14.7. The molecule has 0 fully saturated rings. The smallest absolute Gasteiger partial charge is 0.246 e. The molecule has 6 nitrogen and oxygen atoms in total. The first kappa shape index (κ1) is 17.7. The SMILES string of the molecule is CCN(C)S(=O)(=O)c1c(C)nn(C[C@H](O)c2ccccc2)c1C. The Morgan fingerprint density at radius 2 is 1.87 bits per heavy atom. The molecule has 1 aromatic heterocycles. The Bertz CT molecular complexity index is 769. The summed E-state index contributed by atoms with van der Waals surface area (Å²) in [6.45, 7) is 5.77. The molecule has 0 saturated heterocycles. The van der Waals surface area contributed by atoms with E-state index in [1.165, 1.54) is 4.31 Å². The second-order valence-corrected chi connectivity index (χ2v) is 7.51. The number of hydrogen-bond acceptors (Lipinski definition) is 4. The fourth-order valence-corrected chi connectivity index (χ4v) is 4.05. The minimum absolute atomic E-state index is 0.210. The molecule has 1 atom stereocenters. The summed E-state index contributed by atoms with van der Waals surface area (Å²) in [5, 5.41) is 14.6. The number of aliphatic hydroxyl groups excluding tert-OH is 1. The molecule has 7 heteroatoms. The summed E-state index contributed by atoms with van der Waals surface area (Å²) in [6.07, 6.45) is -0.742. The van der Waals surface area contributed by atoms with E-state index >= 15 is 0 Å². The van der Waals surface area contributed by atoms with Crippen molar-refractivity contribution in [1.29, 1.82) is 0 Å². The molecule has 0 aliphatic rings. The maximum Gasteiger partial charge on any atom is 0.246 e. The first-order chi connectivity index (χ1) is 10.8. The van der Waals surface area contributed by atoms with Crippen molar-refractivity contribution in [2.45, 2.75) is 38.3 Å². The van der Waals surface area contributed by atoms with Crippen LogP contribution in [0.2, 0.25) is 0 Å². The molecular weight excluding hydrogens is 314 g/mol. The van der Waals surface area contributed by atoms with Crippen molar-refractivity contribution in [3.8, 4) is 0 Å². The highest BCUT2D eigenvalue weighted by Gasteiger charge is 2.28. The average molecular weight is 337 g/mol. The summed E-state index contributed by atoms with van der Waals surface area (Å²) < 4.78 is 28.0. The molecule has 1 heterocycles. The van der Waals surface area contributed by atoms with E-state index in [0.717, 1.165) is 5.56 Å². The van der Waals surface area contributed by atoms with Crippen LogP contribution in [0.25, 0.3) is 0 Å². The Labute approximate surface area is 137 Å². The van der Waals surface area contributed by atoms with Crippen LogP contribution in [0, 0.1) is 13.8 Å². The van der Waals surface area contributed by atoms with Crippen molar-refractivity contribution in [3.05, 3.63) is 47.3 Å². The van der Waals surface area contributed by atoms with Gasteiger partial charge in [0.2, 0.25) is 10.0 Å². The van der Waals surface area contributed by atoms with Crippen molar-refractivity contribution in [2.75, 3.05) is 13.6 Å². The normalized spacial score (nSPS) is 13.5. The van der Waals surface area contributed by atoms with Crippen molar-refractivity contribution < 1.29 is 13.5 Å². The van der Waals surface area contributed by atoms with Gasteiger partial charge in [0.25, 0.3) is 0 Å². The van der Waals surface area contributed by atoms with Gasteiger partial charge >= 0.3 is 0 Å². The molecule has 1 aromatic carbocycles. The molecular formula is C16H23N3O3S. The van der Waals surface area contributed by atoms with E-state index in [9.17, 15) is 13.5 Å². The summed E-state index contributed by atoms with van der Waals surface area (Å²) in [5.74, 6) is 0. The fourth-order valence-electron chi connectivity index (χ4n) is 2.50. The van der Waals surface area contributed by atoms with E-state index in [-0.39, 0.29) is 11.4 Å². The fraction of sp³-hybridized carbons (Fsp3) is 0.438. The number of aromatic nitrogens is 2. The van der Waals surface area contributed by atoms with E-state index in [2.05, 4.69) is 5.10 Å². The third-order valence-electron chi connectivity index (χ3n) is 3.96. The molecule has 0 aliphatic heterocycles. The molecule has 1 N–H and O–H groups in total. The monoisotopic (exact) mass is 337 g/mol. The number of aliphatic hydroxyl groups is 1. The van der Waals surface area contributed by atoms with Gasteiger partial charge in [-0.05, 0) is 19.4 Å². The number of benzene rings is 1. The van der Waals surface area contributed by atoms with Crippen molar-refractivity contribution in [3.63, 3.8) is 0 Å². The quantitative estimate of drug-likeness (QED) is 0.873. The number of hydrogen-bond donors (Lipinski definition) is 1. The zero-order valence-electron chi connectivity index (χ0n) is 13.9. The van der Waals surface area contributed by atoms with E-state index in [4.69, 9.17) is 0 Å². The minimum Gasteiger partial charge on any atom is -0.386 e. The van der Waals surface area contributed by atoms with Crippen molar-refractivity contribution in [2.24, 2.45) is 0 Å². The van der Waals surface area contributed by atoms with Crippen LogP contribution in [-0.4, -0.2) is 41.2 Å². The predicted octanol–water partition coefficient (Wildman–Crippen LogP) is 1.87. The van der Waals surface area contributed by atoms with Crippen LogP contribution in [0.4, 0.5) is 0 Å². The van der Waals surface area contributed by atoms with Gasteiger partial charge in [0.1, 0.15) is 4.90 Å². The molecule has 0 unspecified atom stereocenters. The highest BCUT2D eigenvalue weighted by molar-refractivity contribution is 7.89. The Morgan fingerprint density at radius 3 is 2.43 bits per heavy atom. The van der Waals surface area contributed by atoms with Crippen molar-refractivity contribution >= 4 is 10.0 Å². The van der Waals surface area contributed by atoms with Gasteiger partial charge in [0, 0.05) is 13.6 Å². The topological polar surface area (TPSA) is 75.4 Å². The van der Waals surface area contributed by atoms with Gasteiger partial charge in [0.05, 0.1) is 24.0 Å². The van der Waals surface area contributed by atoms with Crippen LogP contribution in [0.15, 0.2) is 35.2 Å². The predicted molar refractivity (Wildman–Crippen MR) is 88.6 cm³/mol. The van der Waals surface area contributed by atoms with Gasteiger partial charge in [-0.15, -0.1) is 0 Å². The highest BCUT2D eigenvalue weighted by atomic mass is 32.2. The van der Waals surface area contributed by atoms with Crippen LogP contribution in [0.1, 0.15) is 30.0 Å². The summed E-state index contributed by atoms with van der Waals surface area (Å²) >= 11 is 0. The van der Waals surface area contributed by atoms with Crippen LogP contribution in [0.5, 0.6) is 0 Å². The molecule has 0 amide bonds. The van der Waals surface area contributed by atoms with E-state index in [0.29, 0.717) is 17.9 Å². The summed E-state index contributed by atoms with van der Waals surface area (Å²) in [5.41, 5.74) is 1.76. The van der Waals surface area contributed by atoms with Gasteiger partial charge in [-0.25, -0.2) is 12.7 Å². The van der Waals surface area contributed by atoms with Crippen LogP contribution in [-0.2, 0) is 16.6 Å². The third kappa shape index (κ3) is 3.46.